The maximum Gasteiger partial charge on any atom is 0.337 e. The summed E-state index contributed by atoms with van der Waals surface area (Å²) in [5.74, 6) is -1.09. The molecule has 1 aromatic rings. The van der Waals surface area contributed by atoms with Gasteiger partial charge in [-0.05, 0) is 6.07 Å². The Morgan fingerprint density at radius 1 is 1.32 bits per heavy atom. The molecule has 1 fully saturated rings. The van der Waals surface area contributed by atoms with E-state index in [1.807, 2.05) is 0 Å². The van der Waals surface area contributed by atoms with Crippen LogP contribution in [0.3, 0.4) is 0 Å². The molecule has 0 unspecified atom stereocenters. The van der Waals surface area contributed by atoms with Crippen LogP contribution in [0.5, 0.6) is 0 Å². The number of carbonyl (C=O) groups excluding carboxylic acids is 1. The number of aromatic carboxylic acids is 1. The monoisotopic (exact) mass is 266 g/mol. The molecule has 1 aliphatic rings. The van der Waals surface area contributed by atoms with E-state index in [4.69, 9.17) is 9.84 Å². The van der Waals surface area contributed by atoms with Gasteiger partial charge in [-0.25, -0.2) is 14.6 Å². The molecule has 19 heavy (non-hydrogen) atoms. The first-order valence-electron chi connectivity index (χ1n) is 5.74. The van der Waals surface area contributed by atoms with Crippen molar-refractivity contribution in [3.05, 3.63) is 24.0 Å². The van der Waals surface area contributed by atoms with Gasteiger partial charge in [0.15, 0.2) is 0 Å². The summed E-state index contributed by atoms with van der Waals surface area (Å²) in [7, 11) is 0. The molecule has 0 radical (unpaired) electrons. The van der Waals surface area contributed by atoms with Crippen molar-refractivity contribution < 1.29 is 19.4 Å². The van der Waals surface area contributed by atoms with Crippen LogP contribution in [-0.4, -0.2) is 53.4 Å². The highest BCUT2D eigenvalue weighted by atomic mass is 16.5. The molecule has 1 aliphatic heterocycles. The molecular weight excluding hydrogens is 252 g/mol. The van der Waals surface area contributed by atoms with E-state index >= 15 is 0 Å². The highest BCUT2D eigenvalue weighted by Crippen LogP contribution is 2.08. The Labute approximate surface area is 109 Å². The second kappa shape index (κ2) is 6.12. The van der Waals surface area contributed by atoms with Gasteiger partial charge in [0.2, 0.25) is 0 Å². The smallest absolute Gasteiger partial charge is 0.337 e. The number of hydrogen-bond donors (Lipinski definition) is 3. The van der Waals surface area contributed by atoms with Gasteiger partial charge in [-0.1, -0.05) is 0 Å². The van der Waals surface area contributed by atoms with E-state index in [1.165, 1.54) is 18.5 Å². The van der Waals surface area contributed by atoms with Crippen molar-refractivity contribution in [2.75, 3.05) is 31.6 Å². The summed E-state index contributed by atoms with van der Waals surface area (Å²) in [5, 5.41) is 13.1. The maximum atomic E-state index is 11.7. The Bertz CT molecular complexity index is 474. The summed E-state index contributed by atoms with van der Waals surface area (Å²) in [6, 6.07) is 0.903. The molecule has 8 nitrogen and oxygen atoms in total. The number of pyridine rings is 1. The van der Waals surface area contributed by atoms with E-state index in [0.717, 1.165) is 0 Å². The molecule has 0 aromatic carbocycles. The fraction of sp³-hybridized carbons (Fsp3) is 0.364. The van der Waals surface area contributed by atoms with Gasteiger partial charge in [0, 0.05) is 19.3 Å². The molecule has 2 rings (SSSR count). The molecule has 8 heteroatoms. The Kier molecular flexibility index (Phi) is 4.26. The number of carboxylic acid groups (broad SMARTS) is 1. The van der Waals surface area contributed by atoms with Crippen molar-refractivity contribution in [1.82, 2.24) is 15.4 Å². The minimum absolute atomic E-state index is 0.0178. The van der Waals surface area contributed by atoms with E-state index in [2.05, 4.69) is 15.7 Å². The van der Waals surface area contributed by atoms with Gasteiger partial charge in [-0.15, -0.1) is 0 Å². The number of aromatic nitrogens is 1. The number of hydrogen-bond acceptors (Lipinski definition) is 5. The third kappa shape index (κ3) is 3.90. The molecule has 3 N–H and O–H groups in total. The third-order valence-corrected chi connectivity index (χ3v) is 2.51. The average Bonchev–Trinajstić information content (AvgIpc) is 2.40. The van der Waals surface area contributed by atoms with Crippen LogP contribution in [0, 0.1) is 0 Å². The lowest BCUT2D eigenvalue weighted by molar-refractivity contribution is 0.0207. The maximum absolute atomic E-state index is 11.7. The lowest BCUT2D eigenvalue weighted by Crippen LogP contribution is -2.49. The molecule has 102 valence electrons. The lowest BCUT2D eigenvalue weighted by Gasteiger charge is -2.26. The minimum Gasteiger partial charge on any atom is -0.478 e. The number of carbonyl (C=O) groups is 2. The number of hydrazine groups is 1. The number of morpholine rings is 1. The number of ether oxygens (including phenoxy) is 1. The summed E-state index contributed by atoms with van der Waals surface area (Å²) in [4.78, 5) is 26.2. The largest absolute Gasteiger partial charge is 0.478 e. The van der Waals surface area contributed by atoms with Crippen LogP contribution < -0.4 is 10.7 Å². The molecule has 2 amide bonds. The fourth-order valence-corrected chi connectivity index (χ4v) is 1.60. The van der Waals surface area contributed by atoms with Crippen LogP contribution in [0.1, 0.15) is 10.4 Å². The zero-order valence-electron chi connectivity index (χ0n) is 10.1. The number of carboxylic acids is 1. The van der Waals surface area contributed by atoms with Crippen LogP contribution >= 0.6 is 0 Å². The van der Waals surface area contributed by atoms with Crippen molar-refractivity contribution in [3.8, 4) is 0 Å². The van der Waals surface area contributed by atoms with Gasteiger partial charge in [0.05, 0.1) is 30.7 Å². The summed E-state index contributed by atoms with van der Waals surface area (Å²) >= 11 is 0. The fourth-order valence-electron chi connectivity index (χ4n) is 1.60. The van der Waals surface area contributed by atoms with Crippen LogP contribution in [-0.2, 0) is 4.74 Å². The Morgan fingerprint density at radius 3 is 2.74 bits per heavy atom. The van der Waals surface area contributed by atoms with Crippen molar-refractivity contribution in [3.63, 3.8) is 0 Å². The van der Waals surface area contributed by atoms with E-state index in [-0.39, 0.29) is 5.56 Å². The number of nitrogens with one attached hydrogen (secondary N) is 2. The van der Waals surface area contributed by atoms with Gasteiger partial charge >= 0.3 is 12.0 Å². The molecule has 0 saturated carbocycles. The van der Waals surface area contributed by atoms with E-state index in [9.17, 15) is 9.59 Å². The van der Waals surface area contributed by atoms with Crippen LogP contribution in [0.25, 0.3) is 0 Å². The van der Waals surface area contributed by atoms with Gasteiger partial charge < -0.3 is 15.2 Å². The number of rotatable bonds is 3. The molecule has 0 aliphatic carbocycles. The number of amides is 2. The van der Waals surface area contributed by atoms with Gasteiger partial charge in [0.25, 0.3) is 0 Å². The first-order chi connectivity index (χ1) is 9.15. The van der Waals surface area contributed by atoms with Crippen molar-refractivity contribution in [2.45, 2.75) is 0 Å². The lowest BCUT2D eigenvalue weighted by atomic mass is 10.3. The molecular formula is C11H14N4O4. The number of urea groups is 1. The standard InChI is InChI=1S/C11H14N4O4/c16-10(17)8-5-9(7-12-6-8)13-11(18)14-15-1-3-19-4-2-15/h5-7H,1-4H2,(H,16,17)(H2,13,14,18). The summed E-state index contributed by atoms with van der Waals surface area (Å²) < 4.78 is 5.15. The first-order valence-corrected chi connectivity index (χ1v) is 5.74. The van der Waals surface area contributed by atoms with E-state index < -0.39 is 12.0 Å². The van der Waals surface area contributed by atoms with E-state index in [0.29, 0.717) is 32.0 Å². The van der Waals surface area contributed by atoms with Crippen molar-refractivity contribution in [1.29, 1.82) is 0 Å². The molecule has 0 atom stereocenters. The van der Waals surface area contributed by atoms with Crippen LogP contribution in [0.2, 0.25) is 0 Å². The quantitative estimate of drug-likeness (QED) is 0.719. The normalized spacial score (nSPS) is 15.8. The molecule has 0 bridgehead atoms. The highest BCUT2D eigenvalue weighted by Gasteiger charge is 2.13. The van der Waals surface area contributed by atoms with Crippen LogP contribution in [0.15, 0.2) is 18.5 Å². The highest BCUT2D eigenvalue weighted by molar-refractivity contribution is 5.92. The van der Waals surface area contributed by atoms with Gasteiger partial charge in [0.1, 0.15) is 0 Å². The number of nitrogens with zero attached hydrogens (tertiary/aromatic N) is 2. The molecule has 1 aromatic heterocycles. The SMILES string of the molecule is O=C(Nc1cncc(C(=O)O)c1)NN1CCOCC1. The second-order valence-electron chi connectivity index (χ2n) is 3.93. The predicted octanol–water partition coefficient (Wildman–Crippen LogP) is 0.148. The minimum atomic E-state index is -1.09. The zero-order chi connectivity index (χ0) is 13.7. The average molecular weight is 266 g/mol. The van der Waals surface area contributed by atoms with Crippen molar-refractivity contribution in [2.24, 2.45) is 0 Å². The summed E-state index contributed by atoms with van der Waals surface area (Å²) in [5.41, 5.74) is 2.99. The Hall–Kier alpha value is -2.19. The number of anilines is 1. The summed E-state index contributed by atoms with van der Waals surface area (Å²) in [6.07, 6.45) is 2.60. The van der Waals surface area contributed by atoms with E-state index in [1.54, 1.807) is 5.01 Å². The predicted molar refractivity (Wildman–Crippen MR) is 65.7 cm³/mol. The topological polar surface area (TPSA) is 104 Å². The third-order valence-electron chi connectivity index (χ3n) is 2.51. The molecule has 1 saturated heterocycles. The summed E-state index contributed by atoms with van der Waals surface area (Å²) in [6.45, 7) is 2.36. The van der Waals surface area contributed by atoms with Gasteiger partial charge in [-0.3, -0.25) is 10.4 Å². The second-order valence-corrected chi connectivity index (χ2v) is 3.93. The van der Waals surface area contributed by atoms with Crippen molar-refractivity contribution >= 4 is 17.7 Å². The first kappa shape index (κ1) is 13.2. The Balaban J connectivity index is 1.90. The molecule has 0 spiro atoms. The van der Waals surface area contributed by atoms with Crippen LogP contribution in [0.4, 0.5) is 10.5 Å². The zero-order valence-corrected chi connectivity index (χ0v) is 10.1. The Morgan fingerprint density at radius 2 is 2.05 bits per heavy atom. The van der Waals surface area contributed by atoms with Gasteiger partial charge in [-0.2, -0.15) is 0 Å². The molecule has 2 heterocycles.